The maximum atomic E-state index is 10.5. The number of nitrogens with zero attached hydrogens (tertiary/aromatic N) is 2. The molecule has 1 aromatic rings. The van der Waals surface area contributed by atoms with Crippen molar-refractivity contribution < 1.29 is 4.79 Å². The third-order valence-corrected chi connectivity index (χ3v) is 2.45. The molecule has 0 saturated carbocycles. The molecule has 18 heavy (non-hydrogen) atoms. The number of nitrogens with one attached hydrogen (secondary N) is 1. The summed E-state index contributed by atoms with van der Waals surface area (Å²) in [7, 11) is 0. The SMILES string of the molecule is Cc1cc(C(N)=S)nc(NCCCCC(N)=O)n1. The maximum Gasteiger partial charge on any atom is 0.223 e. The first kappa shape index (κ1) is 14.3. The molecule has 0 spiro atoms. The summed E-state index contributed by atoms with van der Waals surface area (Å²) in [6, 6.07) is 1.74. The predicted octanol–water partition coefficient (Wildman–Crippen LogP) is 0.487. The van der Waals surface area contributed by atoms with Gasteiger partial charge in [-0.3, -0.25) is 4.79 Å². The van der Waals surface area contributed by atoms with Gasteiger partial charge in [-0.2, -0.15) is 0 Å². The van der Waals surface area contributed by atoms with E-state index in [9.17, 15) is 4.79 Å². The third-order valence-electron chi connectivity index (χ3n) is 2.24. The number of carbonyl (C=O) groups is 1. The molecule has 0 atom stereocenters. The Balaban J connectivity index is 2.47. The van der Waals surface area contributed by atoms with Gasteiger partial charge in [-0.05, 0) is 25.8 Å². The number of anilines is 1. The Morgan fingerprint density at radius 3 is 2.72 bits per heavy atom. The zero-order chi connectivity index (χ0) is 13.5. The van der Waals surface area contributed by atoms with Crippen LogP contribution < -0.4 is 16.8 Å². The number of unbranched alkanes of at least 4 members (excludes halogenated alkanes) is 1. The lowest BCUT2D eigenvalue weighted by molar-refractivity contribution is -0.118. The van der Waals surface area contributed by atoms with Gasteiger partial charge in [-0.15, -0.1) is 0 Å². The fourth-order valence-electron chi connectivity index (χ4n) is 1.40. The summed E-state index contributed by atoms with van der Waals surface area (Å²) in [5.74, 6) is 0.217. The van der Waals surface area contributed by atoms with E-state index >= 15 is 0 Å². The zero-order valence-electron chi connectivity index (χ0n) is 10.3. The second-order valence-corrected chi connectivity index (χ2v) is 4.37. The molecule has 7 heteroatoms. The second kappa shape index (κ2) is 6.85. The molecule has 5 N–H and O–H groups in total. The van der Waals surface area contributed by atoms with Crippen LogP contribution in [0.2, 0.25) is 0 Å². The Labute approximate surface area is 111 Å². The molecule has 0 radical (unpaired) electrons. The van der Waals surface area contributed by atoms with Crippen molar-refractivity contribution in [3.63, 3.8) is 0 Å². The minimum absolute atomic E-state index is 0.247. The van der Waals surface area contributed by atoms with Crippen LogP contribution in [0, 0.1) is 6.92 Å². The molecule has 0 fully saturated rings. The van der Waals surface area contributed by atoms with E-state index in [1.165, 1.54) is 0 Å². The topological polar surface area (TPSA) is 107 Å². The summed E-state index contributed by atoms with van der Waals surface area (Å²) in [6.45, 7) is 2.52. The number of aryl methyl sites for hydroxylation is 1. The average Bonchev–Trinajstić information content (AvgIpc) is 2.27. The van der Waals surface area contributed by atoms with Gasteiger partial charge in [-0.1, -0.05) is 12.2 Å². The largest absolute Gasteiger partial charge is 0.388 e. The molecule has 0 saturated heterocycles. The number of hydrogen-bond donors (Lipinski definition) is 3. The van der Waals surface area contributed by atoms with Crippen molar-refractivity contribution in [2.45, 2.75) is 26.2 Å². The lowest BCUT2D eigenvalue weighted by atomic mass is 10.2. The van der Waals surface area contributed by atoms with E-state index in [1.807, 2.05) is 6.92 Å². The third kappa shape index (κ3) is 5.05. The summed E-state index contributed by atoms with van der Waals surface area (Å²) in [4.78, 5) is 19.2. The van der Waals surface area contributed by atoms with E-state index in [1.54, 1.807) is 6.07 Å². The van der Waals surface area contributed by atoms with Crippen LogP contribution in [0.1, 0.15) is 30.7 Å². The summed E-state index contributed by atoms with van der Waals surface area (Å²) in [5, 5.41) is 3.06. The number of rotatable bonds is 7. The van der Waals surface area contributed by atoms with Crippen molar-refractivity contribution in [1.29, 1.82) is 0 Å². The van der Waals surface area contributed by atoms with Crippen LogP contribution in [0.5, 0.6) is 0 Å². The monoisotopic (exact) mass is 267 g/mol. The average molecular weight is 267 g/mol. The molecule has 0 unspecified atom stereocenters. The number of thiocarbonyl (C=S) groups is 1. The Hall–Kier alpha value is -1.76. The Morgan fingerprint density at radius 1 is 1.39 bits per heavy atom. The van der Waals surface area contributed by atoms with E-state index < -0.39 is 0 Å². The van der Waals surface area contributed by atoms with Crippen LogP contribution in [-0.4, -0.2) is 27.4 Å². The van der Waals surface area contributed by atoms with Gasteiger partial charge in [0.15, 0.2) is 0 Å². The molecular weight excluding hydrogens is 250 g/mol. The normalized spacial score (nSPS) is 10.1. The Morgan fingerprint density at radius 2 is 2.11 bits per heavy atom. The molecule has 1 heterocycles. The number of hydrogen-bond acceptors (Lipinski definition) is 5. The van der Waals surface area contributed by atoms with E-state index in [0.717, 1.165) is 18.5 Å². The molecule has 0 aliphatic heterocycles. The minimum atomic E-state index is -0.280. The van der Waals surface area contributed by atoms with Crippen molar-refractivity contribution in [2.75, 3.05) is 11.9 Å². The van der Waals surface area contributed by atoms with Crippen LogP contribution in [-0.2, 0) is 4.79 Å². The van der Waals surface area contributed by atoms with Crippen molar-refractivity contribution in [1.82, 2.24) is 9.97 Å². The van der Waals surface area contributed by atoms with Gasteiger partial charge in [0.25, 0.3) is 0 Å². The molecule has 0 aliphatic carbocycles. The van der Waals surface area contributed by atoms with Crippen molar-refractivity contribution in [3.05, 3.63) is 17.5 Å². The van der Waals surface area contributed by atoms with Crippen LogP contribution in [0.3, 0.4) is 0 Å². The first-order chi connectivity index (χ1) is 8.49. The van der Waals surface area contributed by atoms with Gasteiger partial charge in [0.05, 0.1) is 0 Å². The van der Waals surface area contributed by atoms with E-state index in [4.69, 9.17) is 23.7 Å². The number of amides is 1. The quantitative estimate of drug-likeness (QED) is 0.490. The smallest absolute Gasteiger partial charge is 0.223 e. The van der Waals surface area contributed by atoms with Gasteiger partial charge < -0.3 is 16.8 Å². The first-order valence-electron chi connectivity index (χ1n) is 5.66. The van der Waals surface area contributed by atoms with Gasteiger partial charge in [0.1, 0.15) is 10.7 Å². The van der Waals surface area contributed by atoms with Crippen LogP contribution in [0.15, 0.2) is 6.07 Å². The lowest BCUT2D eigenvalue weighted by Gasteiger charge is -2.07. The molecule has 1 aromatic heterocycles. The van der Waals surface area contributed by atoms with E-state index in [-0.39, 0.29) is 10.9 Å². The first-order valence-corrected chi connectivity index (χ1v) is 6.07. The number of aromatic nitrogens is 2. The highest BCUT2D eigenvalue weighted by Crippen LogP contribution is 2.05. The van der Waals surface area contributed by atoms with Gasteiger partial charge in [-0.25, -0.2) is 9.97 Å². The summed E-state index contributed by atoms with van der Waals surface area (Å²) >= 11 is 4.87. The molecule has 6 nitrogen and oxygen atoms in total. The molecular formula is C11H17N5OS. The summed E-state index contributed by atoms with van der Waals surface area (Å²) in [5.41, 5.74) is 11.9. The van der Waals surface area contributed by atoms with E-state index in [2.05, 4.69) is 15.3 Å². The molecule has 1 rings (SSSR count). The molecule has 0 aliphatic rings. The molecule has 98 valence electrons. The fraction of sp³-hybridized carbons (Fsp3) is 0.455. The van der Waals surface area contributed by atoms with Gasteiger partial charge >= 0.3 is 0 Å². The fourth-order valence-corrected chi connectivity index (χ4v) is 1.50. The minimum Gasteiger partial charge on any atom is -0.388 e. The highest BCUT2D eigenvalue weighted by atomic mass is 32.1. The van der Waals surface area contributed by atoms with Crippen molar-refractivity contribution >= 4 is 29.1 Å². The molecule has 0 bridgehead atoms. The zero-order valence-corrected chi connectivity index (χ0v) is 11.1. The summed E-state index contributed by atoms with van der Waals surface area (Å²) in [6.07, 6.45) is 1.97. The van der Waals surface area contributed by atoms with Crippen molar-refractivity contribution in [2.24, 2.45) is 11.5 Å². The van der Waals surface area contributed by atoms with Gasteiger partial charge in [0.2, 0.25) is 11.9 Å². The standard InChI is InChI=1S/C11H17N5OS/c1-7-6-8(10(13)18)16-11(15-7)14-5-3-2-4-9(12)17/h6H,2-5H2,1H3,(H2,12,17)(H2,13,18)(H,14,15,16). The predicted molar refractivity (Wildman–Crippen MR) is 74.2 cm³/mol. The molecule has 0 aromatic carbocycles. The number of primary amides is 1. The lowest BCUT2D eigenvalue weighted by Crippen LogP contribution is -2.15. The molecule has 1 amide bonds. The van der Waals surface area contributed by atoms with Crippen molar-refractivity contribution in [3.8, 4) is 0 Å². The Bertz CT molecular complexity index is 449. The summed E-state index contributed by atoms with van der Waals surface area (Å²) < 4.78 is 0. The van der Waals surface area contributed by atoms with Gasteiger partial charge in [0, 0.05) is 18.7 Å². The number of nitrogens with two attached hydrogens (primary N) is 2. The van der Waals surface area contributed by atoms with Crippen LogP contribution >= 0.6 is 12.2 Å². The number of carbonyl (C=O) groups excluding carboxylic acids is 1. The second-order valence-electron chi connectivity index (χ2n) is 3.93. The van der Waals surface area contributed by atoms with E-state index in [0.29, 0.717) is 24.6 Å². The maximum absolute atomic E-state index is 10.5. The highest BCUT2D eigenvalue weighted by Gasteiger charge is 2.04. The van der Waals surface area contributed by atoms with Crippen LogP contribution in [0.4, 0.5) is 5.95 Å². The van der Waals surface area contributed by atoms with Crippen LogP contribution in [0.25, 0.3) is 0 Å². The highest BCUT2D eigenvalue weighted by molar-refractivity contribution is 7.80. The Kier molecular flexibility index (Phi) is 5.44.